The highest BCUT2D eigenvalue weighted by Gasteiger charge is 2.12. The van der Waals surface area contributed by atoms with E-state index in [1.807, 2.05) is 0 Å². The van der Waals surface area contributed by atoms with E-state index in [4.69, 9.17) is 14.6 Å². The summed E-state index contributed by atoms with van der Waals surface area (Å²) in [7, 11) is 1.52. The maximum Gasteiger partial charge on any atom is 0.338 e. The Morgan fingerprint density at radius 1 is 0.893 bits per heavy atom. The average Bonchev–Trinajstić information content (AvgIpc) is 2.70. The molecule has 8 nitrogen and oxygen atoms in total. The molecule has 0 atom stereocenters. The molecule has 0 aromatic heterocycles. The van der Waals surface area contributed by atoms with Gasteiger partial charge in [-0.15, -0.1) is 0 Å². The Labute approximate surface area is 161 Å². The first kappa shape index (κ1) is 20.6. The molecule has 0 radical (unpaired) electrons. The van der Waals surface area contributed by atoms with E-state index in [9.17, 15) is 19.2 Å². The van der Waals surface area contributed by atoms with Crippen molar-refractivity contribution in [3.8, 4) is 5.75 Å². The average molecular weight is 385 g/mol. The number of carboxylic acids is 1. The van der Waals surface area contributed by atoms with E-state index in [0.29, 0.717) is 17.0 Å². The Balaban J connectivity index is 1.85. The molecule has 28 heavy (non-hydrogen) atoms. The van der Waals surface area contributed by atoms with Gasteiger partial charge in [0.05, 0.1) is 19.1 Å². The van der Waals surface area contributed by atoms with E-state index in [2.05, 4.69) is 5.32 Å². The Morgan fingerprint density at radius 3 is 2.07 bits per heavy atom. The summed E-state index contributed by atoms with van der Waals surface area (Å²) in [6.07, 6.45) is -0.412. The van der Waals surface area contributed by atoms with Crippen molar-refractivity contribution in [3.05, 3.63) is 59.7 Å². The SMILES string of the molecule is COc1ccc(C(=O)COC(=O)c2ccc(NC(=O)CCC(=O)O)cc2)cc1. The molecule has 2 N–H and O–H groups in total. The molecule has 8 heteroatoms. The molecule has 0 spiro atoms. The normalized spacial score (nSPS) is 10.0. The molecular formula is C20H19NO7. The molecule has 0 saturated carbocycles. The van der Waals surface area contributed by atoms with Gasteiger partial charge in [-0.1, -0.05) is 0 Å². The summed E-state index contributed by atoms with van der Waals surface area (Å²) >= 11 is 0. The lowest BCUT2D eigenvalue weighted by Crippen LogP contribution is -2.15. The molecule has 0 aliphatic heterocycles. The monoisotopic (exact) mass is 385 g/mol. The molecule has 2 rings (SSSR count). The van der Waals surface area contributed by atoms with Gasteiger partial charge in [-0.2, -0.15) is 0 Å². The summed E-state index contributed by atoms with van der Waals surface area (Å²) in [6, 6.07) is 12.3. The van der Waals surface area contributed by atoms with Crippen LogP contribution in [0.2, 0.25) is 0 Å². The zero-order valence-corrected chi connectivity index (χ0v) is 15.1. The summed E-state index contributed by atoms with van der Waals surface area (Å²) in [5.74, 6) is -1.91. The number of carbonyl (C=O) groups is 4. The van der Waals surface area contributed by atoms with Crippen LogP contribution in [0.5, 0.6) is 5.75 Å². The number of aliphatic carboxylic acids is 1. The lowest BCUT2D eigenvalue weighted by molar-refractivity contribution is -0.138. The standard InChI is InChI=1S/C20H19NO7/c1-27-16-8-4-13(5-9-16)17(22)12-28-20(26)14-2-6-15(7-3-14)21-18(23)10-11-19(24)25/h2-9H,10-12H2,1H3,(H,21,23)(H,24,25). The third kappa shape index (κ3) is 6.24. The number of nitrogens with one attached hydrogen (secondary N) is 1. The van der Waals surface area contributed by atoms with Gasteiger partial charge >= 0.3 is 11.9 Å². The van der Waals surface area contributed by atoms with Crippen LogP contribution < -0.4 is 10.1 Å². The van der Waals surface area contributed by atoms with Gasteiger partial charge in [0.15, 0.2) is 12.4 Å². The first-order valence-corrected chi connectivity index (χ1v) is 8.35. The second-order valence-electron chi connectivity index (χ2n) is 5.75. The van der Waals surface area contributed by atoms with E-state index >= 15 is 0 Å². The fraction of sp³-hybridized carbons (Fsp3) is 0.200. The smallest absolute Gasteiger partial charge is 0.338 e. The number of esters is 1. The van der Waals surface area contributed by atoms with E-state index in [1.165, 1.54) is 31.4 Å². The van der Waals surface area contributed by atoms with Crippen LogP contribution >= 0.6 is 0 Å². The molecule has 0 saturated heterocycles. The van der Waals surface area contributed by atoms with E-state index in [1.54, 1.807) is 24.3 Å². The van der Waals surface area contributed by atoms with Gasteiger partial charge in [-0.3, -0.25) is 14.4 Å². The van der Waals surface area contributed by atoms with Crippen LogP contribution in [0, 0.1) is 0 Å². The number of hydrogen-bond donors (Lipinski definition) is 2. The van der Waals surface area contributed by atoms with Crippen molar-refractivity contribution in [3.63, 3.8) is 0 Å². The Morgan fingerprint density at radius 2 is 1.50 bits per heavy atom. The quantitative estimate of drug-likeness (QED) is 0.503. The number of ketones is 1. The number of methoxy groups -OCH3 is 1. The highest BCUT2D eigenvalue weighted by molar-refractivity contribution is 5.99. The van der Waals surface area contributed by atoms with Gasteiger partial charge < -0.3 is 19.9 Å². The molecule has 0 fully saturated rings. The minimum atomic E-state index is -1.06. The Kier molecular flexibility index (Phi) is 7.27. The van der Waals surface area contributed by atoms with Crippen molar-refractivity contribution >= 4 is 29.3 Å². The van der Waals surface area contributed by atoms with Crippen LogP contribution in [0.4, 0.5) is 5.69 Å². The second kappa shape index (κ2) is 9.86. The maximum absolute atomic E-state index is 12.1. The summed E-state index contributed by atoms with van der Waals surface area (Å²) in [4.78, 5) is 46.1. The van der Waals surface area contributed by atoms with Crippen LogP contribution in [-0.2, 0) is 14.3 Å². The topological polar surface area (TPSA) is 119 Å². The number of amides is 1. The Bertz CT molecular complexity index is 857. The zero-order valence-electron chi connectivity index (χ0n) is 15.1. The number of Topliss-reactive ketones (excluding diaryl/α,β-unsaturated/α-hetero) is 1. The third-order valence-corrected chi connectivity index (χ3v) is 3.72. The summed E-state index contributed by atoms with van der Waals surface area (Å²) in [5, 5.41) is 11.1. The fourth-order valence-corrected chi connectivity index (χ4v) is 2.21. The van der Waals surface area contributed by atoms with Crippen molar-refractivity contribution in [2.24, 2.45) is 0 Å². The number of hydrogen-bond acceptors (Lipinski definition) is 6. The molecule has 0 unspecified atom stereocenters. The minimum Gasteiger partial charge on any atom is -0.497 e. The number of anilines is 1. The highest BCUT2D eigenvalue weighted by atomic mass is 16.5. The second-order valence-corrected chi connectivity index (χ2v) is 5.75. The van der Waals surface area contributed by atoms with Gasteiger partial charge in [0, 0.05) is 17.7 Å². The Hall–Kier alpha value is -3.68. The van der Waals surface area contributed by atoms with Crippen LogP contribution in [0.3, 0.4) is 0 Å². The number of benzene rings is 2. The van der Waals surface area contributed by atoms with E-state index < -0.39 is 24.5 Å². The van der Waals surface area contributed by atoms with Crippen LogP contribution in [0.25, 0.3) is 0 Å². The van der Waals surface area contributed by atoms with Crippen molar-refractivity contribution in [1.82, 2.24) is 0 Å². The zero-order chi connectivity index (χ0) is 20.5. The molecule has 0 aliphatic carbocycles. The molecule has 0 bridgehead atoms. The van der Waals surface area contributed by atoms with Gasteiger partial charge in [0.2, 0.25) is 5.91 Å². The van der Waals surface area contributed by atoms with Crippen molar-refractivity contribution in [2.45, 2.75) is 12.8 Å². The molecule has 0 heterocycles. The maximum atomic E-state index is 12.1. The number of rotatable bonds is 9. The lowest BCUT2D eigenvalue weighted by atomic mass is 10.1. The van der Waals surface area contributed by atoms with Gasteiger partial charge in [0.1, 0.15) is 5.75 Å². The molecular weight excluding hydrogens is 366 g/mol. The predicted molar refractivity (Wildman–Crippen MR) is 99.5 cm³/mol. The first-order chi connectivity index (χ1) is 13.4. The fourth-order valence-electron chi connectivity index (χ4n) is 2.21. The van der Waals surface area contributed by atoms with E-state index in [-0.39, 0.29) is 24.2 Å². The van der Waals surface area contributed by atoms with Crippen molar-refractivity contribution in [2.75, 3.05) is 19.0 Å². The third-order valence-electron chi connectivity index (χ3n) is 3.72. The lowest BCUT2D eigenvalue weighted by Gasteiger charge is -2.07. The molecule has 2 aromatic carbocycles. The molecule has 1 amide bonds. The number of carbonyl (C=O) groups excluding carboxylic acids is 3. The molecule has 2 aromatic rings. The number of ether oxygens (including phenoxy) is 2. The van der Waals surface area contributed by atoms with Gasteiger partial charge in [0.25, 0.3) is 0 Å². The van der Waals surface area contributed by atoms with Gasteiger partial charge in [-0.25, -0.2) is 4.79 Å². The van der Waals surface area contributed by atoms with Crippen molar-refractivity contribution in [1.29, 1.82) is 0 Å². The largest absolute Gasteiger partial charge is 0.497 e. The van der Waals surface area contributed by atoms with Crippen LogP contribution in [-0.4, -0.2) is 42.5 Å². The predicted octanol–water partition coefficient (Wildman–Crippen LogP) is 2.54. The van der Waals surface area contributed by atoms with Crippen LogP contribution in [0.1, 0.15) is 33.6 Å². The number of carboxylic acid groups (broad SMARTS) is 1. The van der Waals surface area contributed by atoms with Crippen LogP contribution in [0.15, 0.2) is 48.5 Å². The van der Waals surface area contributed by atoms with E-state index in [0.717, 1.165) is 0 Å². The molecule has 146 valence electrons. The minimum absolute atomic E-state index is 0.146. The van der Waals surface area contributed by atoms with Gasteiger partial charge in [-0.05, 0) is 48.5 Å². The highest BCUT2D eigenvalue weighted by Crippen LogP contribution is 2.13. The summed E-state index contributed by atoms with van der Waals surface area (Å²) in [5.41, 5.74) is 1.03. The molecule has 0 aliphatic rings. The van der Waals surface area contributed by atoms with Crippen molar-refractivity contribution < 1.29 is 33.8 Å². The first-order valence-electron chi connectivity index (χ1n) is 8.35. The summed E-state index contributed by atoms with van der Waals surface area (Å²) < 4.78 is 10.0. The summed E-state index contributed by atoms with van der Waals surface area (Å²) in [6.45, 7) is -0.404.